The van der Waals surface area contributed by atoms with Gasteiger partial charge in [-0.1, -0.05) is 0 Å². The van der Waals surface area contributed by atoms with Gasteiger partial charge >= 0.3 is 0 Å². The number of amides is 2. The summed E-state index contributed by atoms with van der Waals surface area (Å²) in [4.78, 5) is 24.3. The van der Waals surface area contributed by atoms with E-state index in [1.54, 1.807) is 11.9 Å². The molecule has 1 aliphatic rings. The van der Waals surface area contributed by atoms with Crippen LogP contribution in [0.4, 0.5) is 0 Å². The Balaban J connectivity index is 2.54. The quantitative estimate of drug-likeness (QED) is 0.656. The van der Waals surface area contributed by atoms with Gasteiger partial charge in [0.05, 0.1) is 5.92 Å². The summed E-state index contributed by atoms with van der Waals surface area (Å²) < 4.78 is 0. The zero-order valence-electron chi connectivity index (χ0n) is 8.17. The number of likely N-dealkylation sites (tertiary alicyclic amines) is 1. The van der Waals surface area contributed by atoms with Crippen molar-refractivity contribution in [3.63, 3.8) is 0 Å². The highest BCUT2D eigenvalue weighted by Crippen LogP contribution is 2.17. The molecule has 1 aliphatic heterocycles. The highest BCUT2D eigenvalue weighted by Gasteiger charge is 2.28. The van der Waals surface area contributed by atoms with Crippen molar-refractivity contribution in [3.8, 4) is 0 Å². The third-order valence-electron chi connectivity index (χ3n) is 2.50. The van der Waals surface area contributed by atoms with Gasteiger partial charge in [0.2, 0.25) is 11.8 Å². The molecule has 1 unspecified atom stereocenters. The van der Waals surface area contributed by atoms with Crippen molar-refractivity contribution in [2.45, 2.75) is 19.8 Å². The lowest BCUT2D eigenvalue weighted by Crippen LogP contribution is -2.44. The number of rotatable bonds is 2. The molecule has 2 amide bonds. The fourth-order valence-electron chi connectivity index (χ4n) is 1.64. The standard InChI is InChI=1S/C9H16N2O2/c1-3-11-6-7(9(13)10-2)4-5-8(11)12/h7H,3-6H2,1-2H3,(H,10,13). The van der Waals surface area contributed by atoms with E-state index < -0.39 is 0 Å². The molecule has 1 atom stereocenters. The number of piperidine rings is 1. The normalized spacial score (nSPS) is 23.1. The highest BCUT2D eigenvalue weighted by molar-refractivity contribution is 5.83. The van der Waals surface area contributed by atoms with Crippen molar-refractivity contribution >= 4 is 11.8 Å². The Hall–Kier alpha value is -1.06. The Bertz CT molecular complexity index is 216. The molecule has 0 aliphatic carbocycles. The van der Waals surface area contributed by atoms with Crippen LogP contribution in [0.5, 0.6) is 0 Å². The summed E-state index contributed by atoms with van der Waals surface area (Å²) in [7, 11) is 1.63. The number of hydrogen-bond donors (Lipinski definition) is 1. The van der Waals surface area contributed by atoms with E-state index in [2.05, 4.69) is 5.32 Å². The van der Waals surface area contributed by atoms with Crippen molar-refractivity contribution in [3.05, 3.63) is 0 Å². The van der Waals surface area contributed by atoms with Gasteiger partial charge in [-0.15, -0.1) is 0 Å². The van der Waals surface area contributed by atoms with Crippen molar-refractivity contribution in [2.75, 3.05) is 20.1 Å². The SMILES string of the molecule is CCN1CC(C(=O)NC)CCC1=O. The van der Waals surface area contributed by atoms with Crippen LogP contribution in [0.1, 0.15) is 19.8 Å². The van der Waals surface area contributed by atoms with Gasteiger partial charge in [0.25, 0.3) is 0 Å². The van der Waals surface area contributed by atoms with E-state index in [-0.39, 0.29) is 17.7 Å². The maximum atomic E-state index is 11.3. The molecule has 0 aromatic heterocycles. The number of carbonyl (C=O) groups is 2. The van der Waals surface area contributed by atoms with Crippen molar-refractivity contribution in [2.24, 2.45) is 5.92 Å². The van der Waals surface area contributed by atoms with Crippen LogP contribution in [0.3, 0.4) is 0 Å². The molecule has 13 heavy (non-hydrogen) atoms. The maximum absolute atomic E-state index is 11.3. The molecule has 1 heterocycles. The second kappa shape index (κ2) is 4.25. The highest BCUT2D eigenvalue weighted by atomic mass is 16.2. The van der Waals surface area contributed by atoms with Crippen LogP contribution in [0.2, 0.25) is 0 Å². The topological polar surface area (TPSA) is 49.4 Å². The Labute approximate surface area is 78.3 Å². The Morgan fingerprint density at radius 1 is 1.69 bits per heavy atom. The number of carbonyl (C=O) groups excluding carboxylic acids is 2. The largest absolute Gasteiger partial charge is 0.359 e. The van der Waals surface area contributed by atoms with E-state index in [4.69, 9.17) is 0 Å². The average Bonchev–Trinajstić information content (AvgIpc) is 2.17. The molecule has 1 fully saturated rings. The predicted molar refractivity (Wildman–Crippen MR) is 49.0 cm³/mol. The van der Waals surface area contributed by atoms with Crippen molar-refractivity contribution in [1.29, 1.82) is 0 Å². The van der Waals surface area contributed by atoms with E-state index >= 15 is 0 Å². The minimum absolute atomic E-state index is 0.0114. The molecule has 0 aromatic carbocycles. The monoisotopic (exact) mass is 184 g/mol. The zero-order valence-corrected chi connectivity index (χ0v) is 8.17. The number of hydrogen-bond acceptors (Lipinski definition) is 2. The Morgan fingerprint density at radius 2 is 2.38 bits per heavy atom. The fourth-order valence-corrected chi connectivity index (χ4v) is 1.64. The van der Waals surface area contributed by atoms with Crippen LogP contribution in [-0.4, -0.2) is 36.9 Å². The first-order valence-electron chi connectivity index (χ1n) is 4.68. The molecule has 1 saturated heterocycles. The molecule has 0 bridgehead atoms. The van der Waals surface area contributed by atoms with Crippen molar-refractivity contribution < 1.29 is 9.59 Å². The third-order valence-corrected chi connectivity index (χ3v) is 2.50. The van der Waals surface area contributed by atoms with Gasteiger partial charge in [-0.2, -0.15) is 0 Å². The number of nitrogens with zero attached hydrogens (tertiary/aromatic N) is 1. The first kappa shape index (κ1) is 10.0. The van der Waals surface area contributed by atoms with E-state index in [0.29, 0.717) is 25.9 Å². The zero-order chi connectivity index (χ0) is 9.84. The second-order valence-corrected chi connectivity index (χ2v) is 3.28. The molecule has 0 radical (unpaired) electrons. The average molecular weight is 184 g/mol. The summed E-state index contributed by atoms with van der Waals surface area (Å²) in [6, 6.07) is 0. The summed E-state index contributed by atoms with van der Waals surface area (Å²) in [5, 5.41) is 2.62. The molecule has 0 saturated carbocycles. The Kier molecular flexibility index (Phi) is 3.28. The lowest BCUT2D eigenvalue weighted by Gasteiger charge is -2.30. The third kappa shape index (κ3) is 2.20. The summed E-state index contributed by atoms with van der Waals surface area (Å²) >= 11 is 0. The van der Waals surface area contributed by atoms with Crippen LogP contribution in [0.25, 0.3) is 0 Å². The molecule has 4 heteroatoms. The molecule has 0 spiro atoms. The molecule has 1 N–H and O–H groups in total. The molecule has 1 rings (SSSR count). The summed E-state index contributed by atoms with van der Waals surface area (Å²) in [6.45, 7) is 3.21. The minimum Gasteiger partial charge on any atom is -0.359 e. The predicted octanol–water partition coefficient (Wildman–Crippen LogP) is -0.00910. The maximum Gasteiger partial charge on any atom is 0.224 e. The van der Waals surface area contributed by atoms with Gasteiger partial charge in [-0.25, -0.2) is 0 Å². The lowest BCUT2D eigenvalue weighted by molar-refractivity contribution is -0.137. The van der Waals surface area contributed by atoms with Crippen LogP contribution in [-0.2, 0) is 9.59 Å². The summed E-state index contributed by atoms with van der Waals surface area (Å²) in [5.74, 6) is 0.205. The molecule has 0 aromatic rings. The smallest absolute Gasteiger partial charge is 0.224 e. The summed E-state index contributed by atoms with van der Waals surface area (Å²) in [6.07, 6.45) is 1.20. The lowest BCUT2D eigenvalue weighted by atomic mass is 9.97. The number of nitrogens with one attached hydrogen (secondary N) is 1. The van der Waals surface area contributed by atoms with Crippen LogP contribution >= 0.6 is 0 Å². The van der Waals surface area contributed by atoms with Crippen LogP contribution in [0.15, 0.2) is 0 Å². The van der Waals surface area contributed by atoms with E-state index in [1.807, 2.05) is 6.92 Å². The van der Waals surface area contributed by atoms with Gasteiger partial charge < -0.3 is 10.2 Å². The molecule has 74 valence electrons. The van der Waals surface area contributed by atoms with Gasteiger partial charge in [0.1, 0.15) is 0 Å². The first-order chi connectivity index (χ1) is 6.19. The molecule has 4 nitrogen and oxygen atoms in total. The van der Waals surface area contributed by atoms with Gasteiger partial charge in [-0.3, -0.25) is 9.59 Å². The van der Waals surface area contributed by atoms with Crippen LogP contribution in [0, 0.1) is 5.92 Å². The first-order valence-corrected chi connectivity index (χ1v) is 4.68. The second-order valence-electron chi connectivity index (χ2n) is 3.28. The van der Waals surface area contributed by atoms with Gasteiger partial charge in [-0.05, 0) is 13.3 Å². The van der Waals surface area contributed by atoms with Gasteiger partial charge in [0, 0.05) is 26.6 Å². The summed E-state index contributed by atoms with van der Waals surface area (Å²) in [5.41, 5.74) is 0. The molecular weight excluding hydrogens is 168 g/mol. The Morgan fingerprint density at radius 3 is 2.92 bits per heavy atom. The minimum atomic E-state index is -0.0114. The van der Waals surface area contributed by atoms with Gasteiger partial charge in [0.15, 0.2) is 0 Å². The van der Waals surface area contributed by atoms with Crippen LogP contribution < -0.4 is 5.32 Å². The van der Waals surface area contributed by atoms with Crippen molar-refractivity contribution in [1.82, 2.24) is 10.2 Å². The fraction of sp³-hybridized carbons (Fsp3) is 0.778. The van der Waals surface area contributed by atoms with E-state index in [9.17, 15) is 9.59 Å². The molecular formula is C9H16N2O2. The van der Waals surface area contributed by atoms with E-state index in [1.165, 1.54) is 0 Å². The van der Waals surface area contributed by atoms with E-state index in [0.717, 1.165) is 0 Å².